The standard InChI is InChI=1S/C12H17NO/c1-14-11-6-4-10(5-7-11)12(13)8-9-2-3-9/h4-7,9,12H,2-3,8,13H2,1H3/t12-/m1/s1. The van der Waals surface area contributed by atoms with Crippen molar-refractivity contribution in [3.8, 4) is 5.75 Å². The van der Waals surface area contributed by atoms with Crippen molar-refractivity contribution in [2.45, 2.75) is 25.3 Å². The lowest BCUT2D eigenvalue weighted by atomic mass is 10.0. The number of ether oxygens (including phenoxy) is 1. The van der Waals surface area contributed by atoms with Crippen LogP contribution in [0.15, 0.2) is 24.3 Å². The molecule has 0 amide bonds. The van der Waals surface area contributed by atoms with Crippen molar-refractivity contribution in [2.24, 2.45) is 11.7 Å². The van der Waals surface area contributed by atoms with Gasteiger partial charge in [0.15, 0.2) is 0 Å². The molecule has 0 bridgehead atoms. The summed E-state index contributed by atoms with van der Waals surface area (Å²) in [5.41, 5.74) is 7.31. The molecule has 1 aliphatic carbocycles. The average Bonchev–Trinajstić information content (AvgIpc) is 3.02. The Morgan fingerprint density at radius 3 is 2.50 bits per heavy atom. The molecule has 1 fully saturated rings. The Labute approximate surface area is 85.1 Å². The van der Waals surface area contributed by atoms with Crippen LogP contribution in [0.25, 0.3) is 0 Å². The normalized spacial score (nSPS) is 17.9. The maximum atomic E-state index is 6.09. The Bertz CT molecular complexity index is 290. The zero-order valence-corrected chi connectivity index (χ0v) is 8.57. The van der Waals surface area contributed by atoms with Crippen LogP contribution in [-0.4, -0.2) is 7.11 Å². The summed E-state index contributed by atoms with van der Waals surface area (Å²) in [6.07, 6.45) is 3.86. The summed E-state index contributed by atoms with van der Waals surface area (Å²) in [7, 11) is 1.68. The fraction of sp³-hybridized carbons (Fsp3) is 0.500. The van der Waals surface area contributed by atoms with Crippen molar-refractivity contribution in [3.05, 3.63) is 29.8 Å². The molecule has 0 saturated heterocycles. The number of benzene rings is 1. The molecule has 0 unspecified atom stereocenters. The van der Waals surface area contributed by atoms with Gasteiger partial charge in [-0.25, -0.2) is 0 Å². The number of rotatable bonds is 4. The molecule has 1 saturated carbocycles. The third-order valence-electron chi connectivity index (χ3n) is 2.83. The molecule has 14 heavy (non-hydrogen) atoms. The summed E-state index contributed by atoms with van der Waals surface area (Å²) < 4.78 is 5.10. The van der Waals surface area contributed by atoms with E-state index in [2.05, 4.69) is 12.1 Å². The van der Waals surface area contributed by atoms with Gasteiger partial charge in [0.1, 0.15) is 5.75 Å². The van der Waals surface area contributed by atoms with Crippen LogP contribution in [0.2, 0.25) is 0 Å². The van der Waals surface area contributed by atoms with Crippen LogP contribution in [0.3, 0.4) is 0 Å². The second-order valence-corrected chi connectivity index (χ2v) is 4.06. The Kier molecular flexibility index (Phi) is 2.73. The van der Waals surface area contributed by atoms with Gasteiger partial charge < -0.3 is 10.5 Å². The van der Waals surface area contributed by atoms with Gasteiger partial charge in [-0.1, -0.05) is 25.0 Å². The van der Waals surface area contributed by atoms with E-state index in [4.69, 9.17) is 10.5 Å². The van der Waals surface area contributed by atoms with E-state index in [9.17, 15) is 0 Å². The van der Waals surface area contributed by atoms with Crippen molar-refractivity contribution >= 4 is 0 Å². The quantitative estimate of drug-likeness (QED) is 0.793. The van der Waals surface area contributed by atoms with Crippen molar-refractivity contribution in [1.82, 2.24) is 0 Å². The molecule has 1 atom stereocenters. The van der Waals surface area contributed by atoms with Crippen LogP contribution in [-0.2, 0) is 0 Å². The fourth-order valence-corrected chi connectivity index (χ4v) is 1.70. The summed E-state index contributed by atoms with van der Waals surface area (Å²) in [6, 6.07) is 8.27. The van der Waals surface area contributed by atoms with Gasteiger partial charge in [0.05, 0.1) is 7.11 Å². The highest BCUT2D eigenvalue weighted by Crippen LogP contribution is 2.36. The number of methoxy groups -OCH3 is 1. The summed E-state index contributed by atoms with van der Waals surface area (Å²) in [5.74, 6) is 1.78. The van der Waals surface area contributed by atoms with Gasteiger partial charge in [0.25, 0.3) is 0 Å². The molecule has 2 N–H and O–H groups in total. The molecule has 1 aliphatic rings. The zero-order valence-electron chi connectivity index (χ0n) is 8.57. The molecule has 76 valence electrons. The van der Waals surface area contributed by atoms with E-state index in [1.165, 1.54) is 18.4 Å². The summed E-state index contributed by atoms with van der Waals surface area (Å²) in [4.78, 5) is 0. The van der Waals surface area contributed by atoms with Gasteiger partial charge in [-0.05, 0) is 30.0 Å². The first-order chi connectivity index (χ1) is 6.79. The minimum absolute atomic E-state index is 0.202. The van der Waals surface area contributed by atoms with Gasteiger partial charge >= 0.3 is 0 Å². The van der Waals surface area contributed by atoms with Gasteiger partial charge in [-0.15, -0.1) is 0 Å². The van der Waals surface area contributed by atoms with Crippen LogP contribution in [0.1, 0.15) is 30.9 Å². The van der Waals surface area contributed by atoms with E-state index in [1.54, 1.807) is 7.11 Å². The molecule has 0 spiro atoms. The SMILES string of the molecule is COc1ccc([C@H](N)CC2CC2)cc1. The lowest BCUT2D eigenvalue weighted by molar-refractivity contribution is 0.414. The lowest BCUT2D eigenvalue weighted by Crippen LogP contribution is -2.10. The van der Waals surface area contributed by atoms with E-state index in [1.807, 2.05) is 12.1 Å². The Hall–Kier alpha value is -1.02. The molecule has 0 aromatic heterocycles. The van der Waals surface area contributed by atoms with Crippen LogP contribution < -0.4 is 10.5 Å². The van der Waals surface area contributed by atoms with Crippen molar-refractivity contribution < 1.29 is 4.74 Å². The topological polar surface area (TPSA) is 35.2 Å². The van der Waals surface area contributed by atoms with Crippen LogP contribution in [0.5, 0.6) is 5.75 Å². The smallest absolute Gasteiger partial charge is 0.118 e. The van der Waals surface area contributed by atoms with Crippen LogP contribution >= 0.6 is 0 Å². The van der Waals surface area contributed by atoms with E-state index in [-0.39, 0.29) is 6.04 Å². The monoisotopic (exact) mass is 191 g/mol. The highest BCUT2D eigenvalue weighted by molar-refractivity contribution is 5.29. The molecular formula is C12H17NO. The van der Waals surface area contributed by atoms with Crippen molar-refractivity contribution in [2.75, 3.05) is 7.11 Å². The van der Waals surface area contributed by atoms with Gasteiger partial charge in [-0.2, -0.15) is 0 Å². The maximum absolute atomic E-state index is 6.09. The third kappa shape index (κ3) is 2.26. The van der Waals surface area contributed by atoms with Crippen LogP contribution in [0, 0.1) is 5.92 Å². The molecule has 0 heterocycles. The van der Waals surface area contributed by atoms with Gasteiger partial charge in [0.2, 0.25) is 0 Å². The number of hydrogen-bond donors (Lipinski definition) is 1. The highest BCUT2D eigenvalue weighted by Gasteiger charge is 2.24. The largest absolute Gasteiger partial charge is 0.497 e. The fourth-order valence-electron chi connectivity index (χ4n) is 1.70. The molecule has 2 heteroatoms. The summed E-state index contributed by atoms with van der Waals surface area (Å²) >= 11 is 0. The Balaban J connectivity index is 1.99. The minimum atomic E-state index is 0.202. The second kappa shape index (κ2) is 4.01. The van der Waals surface area contributed by atoms with Gasteiger partial charge in [0, 0.05) is 6.04 Å². The van der Waals surface area contributed by atoms with E-state index >= 15 is 0 Å². The molecule has 0 aliphatic heterocycles. The molecule has 1 aromatic carbocycles. The van der Waals surface area contributed by atoms with Crippen molar-refractivity contribution in [3.63, 3.8) is 0 Å². The summed E-state index contributed by atoms with van der Waals surface area (Å²) in [6.45, 7) is 0. The van der Waals surface area contributed by atoms with Crippen LogP contribution in [0.4, 0.5) is 0 Å². The average molecular weight is 191 g/mol. The highest BCUT2D eigenvalue weighted by atomic mass is 16.5. The first-order valence-corrected chi connectivity index (χ1v) is 5.19. The second-order valence-electron chi connectivity index (χ2n) is 4.06. The zero-order chi connectivity index (χ0) is 9.97. The molecule has 2 nitrogen and oxygen atoms in total. The Morgan fingerprint density at radius 1 is 1.36 bits per heavy atom. The number of nitrogens with two attached hydrogens (primary N) is 1. The molecule has 1 aromatic rings. The van der Waals surface area contributed by atoms with E-state index in [0.717, 1.165) is 18.1 Å². The van der Waals surface area contributed by atoms with E-state index in [0.29, 0.717) is 0 Å². The summed E-state index contributed by atoms with van der Waals surface area (Å²) in [5, 5.41) is 0. The van der Waals surface area contributed by atoms with Gasteiger partial charge in [-0.3, -0.25) is 0 Å². The number of hydrogen-bond acceptors (Lipinski definition) is 2. The van der Waals surface area contributed by atoms with E-state index < -0.39 is 0 Å². The lowest BCUT2D eigenvalue weighted by Gasteiger charge is -2.11. The minimum Gasteiger partial charge on any atom is -0.497 e. The Morgan fingerprint density at radius 2 is 2.00 bits per heavy atom. The molecular weight excluding hydrogens is 174 g/mol. The first-order valence-electron chi connectivity index (χ1n) is 5.19. The predicted octanol–water partition coefficient (Wildman–Crippen LogP) is 2.50. The predicted molar refractivity (Wildman–Crippen MR) is 57.3 cm³/mol. The molecule has 0 radical (unpaired) electrons. The third-order valence-corrected chi connectivity index (χ3v) is 2.83. The first kappa shape index (κ1) is 9.53. The molecule has 2 rings (SSSR count). The van der Waals surface area contributed by atoms with Crippen molar-refractivity contribution in [1.29, 1.82) is 0 Å². The maximum Gasteiger partial charge on any atom is 0.118 e.